The van der Waals surface area contributed by atoms with Crippen LogP contribution in [0.3, 0.4) is 0 Å². The summed E-state index contributed by atoms with van der Waals surface area (Å²) >= 11 is 0. The average molecular weight is 547 g/mol. The molecule has 1 aliphatic rings. The summed E-state index contributed by atoms with van der Waals surface area (Å²) in [6.07, 6.45) is -0.239. The monoisotopic (exact) mass is 546 g/mol. The molecule has 1 amide bonds. The third-order valence-electron chi connectivity index (χ3n) is 6.25. The Bertz CT molecular complexity index is 1310. The molecular formula is C31H34N2O7. The normalized spacial score (nSPS) is 13.7. The Hall–Kier alpha value is -4.37. The molecule has 0 aliphatic carbocycles. The van der Waals surface area contributed by atoms with Crippen LogP contribution in [0.5, 0.6) is 11.5 Å². The van der Waals surface area contributed by atoms with Crippen LogP contribution in [0.2, 0.25) is 0 Å². The van der Waals surface area contributed by atoms with E-state index in [0.717, 1.165) is 16.7 Å². The fraction of sp³-hybridized carbons (Fsp3) is 0.323. The molecular weight excluding hydrogens is 512 g/mol. The molecule has 0 saturated carbocycles. The van der Waals surface area contributed by atoms with Crippen LogP contribution in [0.4, 0.5) is 5.69 Å². The molecule has 0 spiro atoms. The van der Waals surface area contributed by atoms with Gasteiger partial charge in [0.25, 0.3) is 5.91 Å². The highest BCUT2D eigenvalue weighted by molar-refractivity contribution is 6.13. The number of nitrogens with zero attached hydrogens (tertiary/aromatic N) is 2. The Labute approximate surface area is 234 Å². The number of rotatable bonds is 13. The second-order valence-corrected chi connectivity index (χ2v) is 8.90. The molecule has 9 nitrogen and oxygen atoms in total. The van der Waals surface area contributed by atoms with Gasteiger partial charge < -0.3 is 28.7 Å². The van der Waals surface area contributed by atoms with Gasteiger partial charge in [0.15, 0.2) is 12.7 Å². The van der Waals surface area contributed by atoms with Crippen molar-refractivity contribution >= 4 is 23.3 Å². The molecule has 210 valence electrons. The number of carbonyl (C=O) groups is 2. The maximum atomic E-state index is 12.8. The van der Waals surface area contributed by atoms with E-state index >= 15 is 0 Å². The van der Waals surface area contributed by atoms with Gasteiger partial charge in [-0.2, -0.15) is 0 Å². The van der Waals surface area contributed by atoms with Gasteiger partial charge in [-0.3, -0.25) is 4.79 Å². The topological polar surface area (TPSA) is 95.9 Å². The fourth-order valence-electron chi connectivity index (χ4n) is 4.39. The van der Waals surface area contributed by atoms with Gasteiger partial charge in [-0.1, -0.05) is 47.6 Å². The summed E-state index contributed by atoms with van der Waals surface area (Å²) in [5, 5.41) is 4.23. The first-order valence-electron chi connectivity index (χ1n) is 13.3. The summed E-state index contributed by atoms with van der Waals surface area (Å²) in [5.74, 6) is 0.742. The summed E-state index contributed by atoms with van der Waals surface area (Å²) in [6.45, 7) is 4.91. The summed E-state index contributed by atoms with van der Waals surface area (Å²) in [5.41, 5.74) is 3.90. The Balaban J connectivity index is 1.43. The third-order valence-corrected chi connectivity index (χ3v) is 6.25. The van der Waals surface area contributed by atoms with Gasteiger partial charge in [0.05, 0.1) is 18.8 Å². The average Bonchev–Trinajstić information content (AvgIpc) is 2.98. The van der Waals surface area contributed by atoms with Gasteiger partial charge in [0, 0.05) is 24.2 Å². The Morgan fingerprint density at radius 3 is 2.48 bits per heavy atom. The smallest absolute Gasteiger partial charge is 0.335 e. The number of fused-ring (bicyclic) bond motifs is 1. The van der Waals surface area contributed by atoms with Crippen molar-refractivity contribution in [2.24, 2.45) is 5.16 Å². The van der Waals surface area contributed by atoms with Gasteiger partial charge in [0.2, 0.25) is 0 Å². The van der Waals surface area contributed by atoms with Gasteiger partial charge in [-0.15, -0.1) is 0 Å². The number of esters is 1. The largest absolute Gasteiger partial charge is 0.492 e. The number of ether oxygens (including phenoxy) is 4. The van der Waals surface area contributed by atoms with E-state index < -0.39 is 6.10 Å². The first-order chi connectivity index (χ1) is 19.5. The van der Waals surface area contributed by atoms with E-state index in [9.17, 15) is 9.59 Å². The number of benzene rings is 3. The molecule has 0 N–H and O–H groups in total. The Kier molecular flexibility index (Phi) is 10.1. The van der Waals surface area contributed by atoms with Crippen LogP contribution < -0.4 is 14.4 Å². The van der Waals surface area contributed by atoms with Crippen molar-refractivity contribution in [3.05, 3.63) is 89.5 Å². The lowest BCUT2D eigenvalue weighted by Crippen LogP contribution is -2.41. The molecule has 0 radical (unpaired) electrons. The molecule has 0 saturated heterocycles. The van der Waals surface area contributed by atoms with E-state index in [1.807, 2.05) is 79.7 Å². The molecule has 0 bridgehead atoms. The van der Waals surface area contributed by atoms with E-state index in [4.69, 9.17) is 23.8 Å². The third kappa shape index (κ3) is 7.18. The van der Waals surface area contributed by atoms with Crippen LogP contribution >= 0.6 is 0 Å². The van der Waals surface area contributed by atoms with Crippen LogP contribution in [0.1, 0.15) is 30.5 Å². The molecule has 1 aliphatic heterocycles. The summed E-state index contributed by atoms with van der Waals surface area (Å²) in [6, 6.07) is 22.8. The number of carbonyl (C=O) groups excluding carboxylic acids is 2. The lowest BCUT2D eigenvalue weighted by atomic mass is 10.0. The fourth-order valence-corrected chi connectivity index (χ4v) is 4.39. The second-order valence-electron chi connectivity index (χ2n) is 8.90. The summed E-state index contributed by atoms with van der Waals surface area (Å²) < 4.78 is 22.3. The van der Waals surface area contributed by atoms with Crippen LogP contribution in [0.25, 0.3) is 0 Å². The lowest BCUT2D eigenvalue weighted by Gasteiger charge is -2.30. The number of anilines is 1. The standard InChI is InChI=1S/C31H34N2O7/c1-4-37-28(31(35)38-5-2)19-22-11-14-25(15-12-22)39-18-17-33-26-20-24(13-16-27(26)40-21-29(33)34)30(32-36-3)23-9-7-6-8-10-23/h6-16,20,28H,4-5,17-19,21H2,1-3H3/b32-30+. The summed E-state index contributed by atoms with van der Waals surface area (Å²) in [4.78, 5) is 31.7. The maximum Gasteiger partial charge on any atom is 0.335 e. The number of oxime groups is 1. The van der Waals surface area contributed by atoms with Gasteiger partial charge in [0.1, 0.15) is 30.9 Å². The van der Waals surface area contributed by atoms with Crippen molar-refractivity contribution in [2.75, 3.05) is 45.0 Å². The highest BCUT2D eigenvalue weighted by Crippen LogP contribution is 2.33. The lowest BCUT2D eigenvalue weighted by molar-refractivity contribution is -0.156. The molecule has 9 heteroatoms. The summed E-state index contributed by atoms with van der Waals surface area (Å²) in [7, 11) is 1.50. The zero-order chi connectivity index (χ0) is 28.3. The minimum atomic E-state index is -0.648. The van der Waals surface area contributed by atoms with Crippen LogP contribution in [0.15, 0.2) is 78.0 Å². The predicted molar refractivity (Wildman–Crippen MR) is 151 cm³/mol. The van der Waals surface area contributed by atoms with Crippen LogP contribution in [-0.4, -0.2) is 63.8 Å². The molecule has 4 rings (SSSR count). The molecule has 0 aromatic heterocycles. The first-order valence-corrected chi connectivity index (χ1v) is 13.3. The van der Waals surface area contributed by atoms with Gasteiger partial charge in [-0.25, -0.2) is 4.79 Å². The second kappa shape index (κ2) is 14.1. The molecule has 1 heterocycles. The zero-order valence-electron chi connectivity index (χ0n) is 23.0. The Morgan fingerprint density at radius 2 is 1.77 bits per heavy atom. The van der Waals surface area contributed by atoms with Gasteiger partial charge >= 0.3 is 5.97 Å². The molecule has 1 atom stereocenters. The maximum absolute atomic E-state index is 12.8. The van der Waals surface area contributed by atoms with E-state index in [1.54, 1.807) is 11.8 Å². The van der Waals surface area contributed by atoms with E-state index in [-0.39, 0.29) is 25.1 Å². The van der Waals surface area contributed by atoms with Crippen molar-refractivity contribution in [3.63, 3.8) is 0 Å². The van der Waals surface area contributed by atoms with Crippen molar-refractivity contribution in [3.8, 4) is 11.5 Å². The molecule has 40 heavy (non-hydrogen) atoms. The molecule has 1 unspecified atom stereocenters. The SMILES string of the molecule is CCOC(=O)C(Cc1ccc(OCCN2C(=O)COc3ccc(/C(=N/OC)c4ccccc4)cc32)cc1)OCC. The molecule has 3 aromatic rings. The number of hydrogen-bond donors (Lipinski definition) is 0. The van der Waals surface area contributed by atoms with Crippen LogP contribution in [0, 0.1) is 0 Å². The van der Waals surface area contributed by atoms with Gasteiger partial charge in [-0.05, 0) is 49.7 Å². The van der Waals surface area contributed by atoms with E-state index in [1.165, 1.54) is 7.11 Å². The van der Waals surface area contributed by atoms with E-state index in [0.29, 0.717) is 49.1 Å². The highest BCUT2D eigenvalue weighted by Gasteiger charge is 2.27. The number of hydrogen-bond acceptors (Lipinski definition) is 8. The van der Waals surface area contributed by atoms with Crippen LogP contribution in [-0.2, 0) is 30.3 Å². The van der Waals surface area contributed by atoms with Crippen molar-refractivity contribution in [2.45, 2.75) is 26.4 Å². The minimum Gasteiger partial charge on any atom is -0.492 e. The first kappa shape index (κ1) is 28.6. The molecule has 0 fully saturated rings. The van der Waals surface area contributed by atoms with Crippen molar-refractivity contribution in [1.29, 1.82) is 0 Å². The molecule has 3 aromatic carbocycles. The number of amides is 1. The van der Waals surface area contributed by atoms with Crippen molar-refractivity contribution in [1.82, 2.24) is 0 Å². The quantitative estimate of drug-likeness (QED) is 0.178. The predicted octanol–water partition coefficient (Wildman–Crippen LogP) is 4.40. The minimum absolute atomic E-state index is 0.0415. The van der Waals surface area contributed by atoms with Crippen molar-refractivity contribution < 1.29 is 33.4 Å². The highest BCUT2D eigenvalue weighted by atomic mass is 16.6. The Morgan fingerprint density at radius 1 is 1.00 bits per heavy atom. The zero-order valence-corrected chi connectivity index (χ0v) is 23.0. The van der Waals surface area contributed by atoms with E-state index in [2.05, 4.69) is 5.16 Å².